The van der Waals surface area contributed by atoms with Crippen molar-refractivity contribution in [2.75, 3.05) is 0 Å². The van der Waals surface area contributed by atoms with Crippen molar-refractivity contribution in [1.29, 1.82) is 0 Å². The summed E-state index contributed by atoms with van der Waals surface area (Å²) in [4.78, 5) is 36.6. The fourth-order valence-corrected chi connectivity index (χ4v) is 4.74. The zero-order chi connectivity index (χ0) is 26.3. The molecule has 0 aliphatic carbocycles. The summed E-state index contributed by atoms with van der Waals surface area (Å²) in [5, 5.41) is 23.9. The third kappa shape index (κ3) is 5.56. The number of hydrogen-bond acceptors (Lipinski definition) is 4. The monoisotopic (exact) mass is 494 g/mol. The lowest BCUT2D eigenvalue weighted by molar-refractivity contribution is -0.385. The van der Waals surface area contributed by atoms with Crippen molar-refractivity contribution in [2.24, 2.45) is 0 Å². The number of amides is 1. The molecule has 0 heterocycles. The van der Waals surface area contributed by atoms with Crippen molar-refractivity contribution in [3.8, 4) is 0 Å². The Morgan fingerprint density at radius 2 is 1.19 bits per heavy atom. The van der Waals surface area contributed by atoms with Gasteiger partial charge < -0.3 is 10.4 Å². The van der Waals surface area contributed by atoms with E-state index in [4.69, 9.17) is 0 Å². The van der Waals surface area contributed by atoms with Crippen LogP contribution in [0.5, 0.6) is 0 Å². The summed E-state index contributed by atoms with van der Waals surface area (Å²) in [6, 6.07) is 33.5. The van der Waals surface area contributed by atoms with Gasteiger partial charge >= 0.3 is 5.97 Å². The highest BCUT2D eigenvalue weighted by molar-refractivity contribution is 5.86. The van der Waals surface area contributed by atoms with E-state index in [0.717, 1.165) is 16.7 Å². The molecule has 0 saturated heterocycles. The van der Waals surface area contributed by atoms with E-state index in [1.54, 1.807) is 6.07 Å². The maximum atomic E-state index is 13.6. The number of para-hydroxylation sites is 1. The molecule has 0 radical (unpaired) electrons. The van der Waals surface area contributed by atoms with E-state index < -0.39 is 28.3 Å². The molecule has 0 aliphatic heterocycles. The zero-order valence-corrected chi connectivity index (χ0v) is 20.0. The Kier molecular flexibility index (Phi) is 7.74. The Morgan fingerprint density at radius 3 is 1.62 bits per heavy atom. The van der Waals surface area contributed by atoms with Crippen LogP contribution < -0.4 is 5.32 Å². The van der Waals surface area contributed by atoms with E-state index in [0.29, 0.717) is 0 Å². The van der Waals surface area contributed by atoms with Crippen LogP contribution in [0, 0.1) is 10.1 Å². The summed E-state index contributed by atoms with van der Waals surface area (Å²) in [5.41, 5.74) is 1.81. The van der Waals surface area contributed by atoms with Gasteiger partial charge in [0.05, 0.1) is 10.3 Å². The second-order valence-corrected chi connectivity index (χ2v) is 8.73. The molecule has 7 nitrogen and oxygen atoms in total. The molecule has 1 amide bonds. The number of aliphatic carboxylic acids is 1. The fraction of sp³-hybridized carbons (Fsp3) is 0.133. The number of nitro groups is 1. The Hall–Kier alpha value is -4.78. The van der Waals surface area contributed by atoms with E-state index in [2.05, 4.69) is 5.32 Å². The SMILES string of the molecule is O=C(CC(c1ccccc1)(c1ccccc1)c1ccccc1)N[C@@H](Cc1ccccc1[N+](=O)[O-])C(=O)O. The molecule has 186 valence electrons. The molecule has 0 aromatic heterocycles. The van der Waals surface area contributed by atoms with Crippen LogP contribution in [0.3, 0.4) is 0 Å². The van der Waals surface area contributed by atoms with Crippen molar-refractivity contribution in [2.45, 2.75) is 24.3 Å². The van der Waals surface area contributed by atoms with Crippen molar-refractivity contribution in [1.82, 2.24) is 5.32 Å². The van der Waals surface area contributed by atoms with Gasteiger partial charge in [-0.2, -0.15) is 0 Å². The second-order valence-electron chi connectivity index (χ2n) is 8.73. The van der Waals surface area contributed by atoms with E-state index in [1.165, 1.54) is 18.2 Å². The summed E-state index contributed by atoms with van der Waals surface area (Å²) in [6.45, 7) is 0. The van der Waals surface area contributed by atoms with Gasteiger partial charge in [0.25, 0.3) is 5.69 Å². The summed E-state index contributed by atoms with van der Waals surface area (Å²) in [6.07, 6.45) is -0.279. The highest BCUT2D eigenvalue weighted by Crippen LogP contribution is 2.42. The molecule has 7 heteroatoms. The number of carboxylic acid groups (broad SMARTS) is 1. The molecule has 4 aromatic carbocycles. The Bertz CT molecular complexity index is 1280. The van der Waals surface area contributed by atoms with Gasteiger partial charge in [-0.3, -0.25) is 14.9 Å². The third-order valence-corrected chi connectivity index (χ3v) is 6.47. The Labute approximate surface area is 214 Å². The Morgan fingerprint density at radius 1 is 0.757 bits per heavy atom. The van der Waals surface area contributed by atoms with Crippen LogP contribution in [0.25, 0.3) is 0 Å². The van der Waals surface area contributed by atoms with Gasteiger partial charge in [0.1, 0.15) is 6.04 Å². The molecule has 37 heavy (non-hydrogen) atoms. The number of hydrogen-bond donors (Lipinski definition) is 2. The van der Waals surface area contributed by atoms with Crippen molar-refractivity contribution < 1.29 is 19.6 Å². The van der Waals surface area contributed by atoms with Gasteiger partial charge in [-0.25, -0.2) is 4.79 Å². The molecule has 0 aliphatic rings. The summed E-state index contributed by atoms with van der Waals surface area (Å²) >= 11 is 0. The van der Waals surface area contributed by atoms with Crippen LogP contribution in [-0.4, -0.2) is 27.9 Å². The van der Waals surface area contributed by atoms with E-state index >= 15 is 0 Å². The minimum atomic E-state index is -1.34. The zero-order valence-electron chi connectivity index (χ0n) is 20.0. The lowest BCUT2D eigenvalue weighted by Crippen LogP contribution is -2.45. The van der Waals surface area contributed by atoms with Gasteiger partial charge in [0, 0.05) is 24.5 Å². The van der Waals surface area contributed by atoms with Gasteiger partial charge in [-0.15, -0.1) is 0 Å². The number of benzene rings is 4. The van der Waals surface area contributed by atoms with Gasteiger partial charge in [-0.1, -0.05) is 109 Å². The maximum absolute atomic E-state index is 13.6. The predicted octanol–water partition coefficient (Wildman–Crippen LogP) is 5.13. The summed E-state index contributed by atoms with van der Waals surface area (Å²) < 4.78 is 0. The van der Waals surface area contributed by atoms with Gasteiger partial charge in [0.15, 0.2) is 0 Å². The van der Waals surface area contributed by atoms with Crippen LogP contribution in [0.1, 0.15) is 28.7 Å². The number of carbonyl (C=O) groups is 2. The van der Waals surface area contributed by atoms with Crippen LogP contribution in [0.4, 0.5) is 5.69 Å². The lowest BCUT2D eigenvalue weighted by Gasteiger charge is -2.36. The molecular weight excluding hydrogens is 468 g/mol. The molecule has 4 rings (SSSR count). The van der Waals surface area contributed by atoms with Crippen molar-refractivity contribution >= 4 is 17.6 Å². The molecule has 0 unspecified atom stereocenters. The van der Waals surface area contributed by atoms with Crippen LogP contribution in [0.2, 0.25) is 0 Å². The smallest absolute Gasteiger partial charge is 0.326 e. The number of nitro benzene ring substituents is 1. The molecule has 0 saturated carbocycles. The normalized spacial score (nSPS) is 11.9. The largest absolute Gasteiger partial charge is 0.480 e. The molecule has 0 bridgehead atoms. The van der Waals surface area contributed by atoms with Crippen LogP contribution >= 0.6 is 0 Å². The van der Waals surface area contributed by atoms with Crippen LogP contribution in [0.15, 0.2) is 115 Å². The van der Waals surface area contributed by atoms with Gasteiger partial charge in [-0.05, 0) is 16.7 Å². The number of nitrogens with zero attached hydrogens (tertiary/aromatic N) is 1. The average Bonchev–Trinajstić information content (AvgIpc) is 2.93. The van der Waals surface area contributed by atoms with Crippen molar-refractivity contribution in [3.63, 3.8) is 0 Å². The van der Waals surface area contributed by atoms with E-state index in [-0.39, 0.29) is 24.1 Å². The minimum Gasteiger partial charge on any atom is -0.480 e. The van der Waals surface area contributed by atoms with Crippen molar-refractivity contribution in [3.05, 3.63) is 148 Å². The standard InChI is InChI=1S/C30H26N2O5/c33-28(31-26(29(34)35)20-22-12-10-11-19-27(22)32(36)37)21-30(23-13-4-1-5-14-23,24-15-6-2-7-16-24)25-17-8-3-9-18-25/h1-19,26H,20-21H2,(H,31,33)(H,34,35)/t26-/m0/s1. The topological polar surface area (TPSA) is 110 Å². The fourth-order valence-electron chi connectivity index (χ4n) is 4.74. The predicted molar refractivity (Wildman–Crippen MR) is 140 cm³/mol. The quantitative estimate of drug-likeness (QED) is 0.180. The number of nitrogens with one attached hydrogen (secondary N) is 1. The highest BCUT2D eigenvalue weighted by atomic mass is 16.6. The maximum Gasteiger partial charge on any atom is 0.326 e. The molecule has 4 aromatic rings. The highest BCUT2D eigenvalue weighted by Gasteiger charge is 2.39. The number of carboxylic acids is 1. The number of carbonyl (C=O) groups excluding carboxylic acids is 1. The molecule has 0 spiro atoms. The molecule has 0 fully saturated rings. The first-order valence-corrected chi connectivity index (χ1v) is 11.8. The second kappa shape index (κ2) is 11.3. The molecule has 1 atom stereocenters. The summed E-state index contributed by atoms with van der Waals surface area (Å²) in [5.74, 6) is -1.75. The number of rotatable bonds is 10. The van der Waals surface area contributed by atoms with Gasteiger partial charge in [0.2, 0.25) is 5.91 Å². The van der Waals surface area contributed by atoms with E-state index in [1.807, 2.05) is 91.0 Å². The third-order valence-electron chi connectivity index (χ3n) is 6.47. The Balaban J connectivity index is 1.73. The minimum absolute atomic E-state index is 0.0638. The molecule has 2 N–H and O–H groups in total. The molecular formula is C30H26N2O5. The first-order valence-electron chi connectivity index (χ1n) is 11.8. The average molecular weight is 495 g/mol. The van der Waals surface area contributed by atoms with E-state index in [9.17, 15) is 24.8 Å². The first kappa shape index (κ1) is 25.3. The summed E-state index contributed by atoms with van der Waals surface area (Å²) in [7, 11) is 0. The van der Waals surface area contributed by atoms with Crippen LogP contribution in [-0.2, 0) is 21.4 Å². The lowest BCUT2D eigenvalue weighted by atomic mass is 9.67. The first-order chi connectivity index (χ1) is 17.9.